The van der Waals surface area contributed by atoms with E-state index in [2.05, 4.69) is 5.32 Å². The fourth-order valence-corrected chi connectivity index (χ4v) is 3.63. The zero-order valence-corrected chi connectivity index (χ0v) is 13.2. The summed E-state index contributed by atoms with van der Waals surface area (Å²) in [5.74, 6) is -0.405. The third kappa shape index (κ3) is 4.56. The zero-order valence-electron chi connectivity index (χ0n) is 12.4. The van der Waals surface area contributed by atoms with Crippen LogP contribution >= 0.6 is 0 Å². The average molecular weight is 309 g/mol. The van der Waals surface area contributed by atoms with Gasteiger partial charge in [-0.05, 0) is 24.3 Å². The molecule has 1 aliphatic rings. The van der Waals surface area contributed by atoms with Crippen molar-refractivity contribution >= 4 is 15.7 Å². The molecule has 1 aliphatic carbocycles. The second kappa shape index (κ2) is 7.07. The second-order valence-corrected chi connectivity index (χ2v) is 8.03. The van der Waals surface area contributed by atoms with Crippen molar-refractivity contribution < 1.29 is 13.2 Å². The van der Waals surface area contributed by atoms with Crippen molar-refractivity contribution in [1.29, 1.82) is 0 Å². The Bertz CT molecular complexity index is 562. The minimum absolute atomic E-state index is 0.000147. The van der Waals surface area contributed by atoms with E-state index >= 15 is 0 Å². The first-order chi connectivity index (χ1) is 10.0. The molecule has 1 N–H and O–H groups in total. The topological polar surface area (TPSA) is 63.2 Å². The van der Waals surface area contributed by atoms with Crippen LogP contribution in [0.4, 0.5) is 0 Å². The molecule has 0 bridgehead atoms. The van der Waals surface area contributed by atoms with Crippen molar-refractivity contribution in [3.63, 3.8) is 0 Å². The Balaban J connectivity index is 2.11. The first-order valence-corrected chi connectivity index (χ1v) is 9.38. The van der Waals surface area contributed by atoms with Crippen LogP contribution in [-0.4, -0.2) is 25.8 Å². The standard InChI is InChI=1S/C16H23NO3S/c1-2-21(19,20)12-15(18)17-16(14-10-6-7-11-14)13-8-4-3-5-9-13/h3-5,8-9,14,16H,2,6-7,10-12H2,1H3,(H,17,18)/t16-/m1/s1. The number of carbonyl (C=O) groups excluding carboxylic acids is 1. The molecule has 1 saturated carbocycles. The molecular weight excluding hydrogens is 286 g/mol. The van der Waals surface area contributed by atoms with Gasteiger partial charge in [-0.3, -0.25) is 4.79 Å². The van der Waals surface area contributed by atoms with Crippen LogP contribution < -0.4 is 5.32 Å². The third-order valence-electron chi connectivity index (χ3n) is 4.14. The van der Waals surface area contributed by atoms with Crippen LogP contribution in [0.3, 0.4) is 0 Å². The number of rotatable bonds is 6. The van der Waals surface area contributed by atoms with Crippen LogP contribution in [0, 0.1) is 5.92 Å². The summed E-state index contributed by atoms with van der Waals surface area (Å²) in [6, 6.07) is 9.76. The molecule has 0 spiro atoms. The van der Waals surface area contributed by atoms with Crippen LogP contribution in [0.25, 0.3) is 0 Å². The van der Waals surface area contributed by atoms with Gasteiger partial charge in [0, 0.05) is 5.75 Å². The summed E-state index contributed by atoms with van der Waals surface area (Å²) in [4.78, 5) is 12.1. The first-order valence-electron chi connectivity index (χ1n) is 7.56. The Morgan fingerprint density at radius 3 is 2.43 bits per heavy atom. The normalized spacial score (nSPS) is 17.6. The molecule has 1 fully saturated rings. The third-order valence-corrected chi connectivity index (χ3v) is 5.72. The van der Waals surface area contributed by atoms with Crippen molar-refractivity contribution in [2.75, 3.05) is 11.5 Å². The fraction of sp³-hybridized carbons (Fsp3) is 0.562. The van der Waals surface area contributed by atoms with Crippen LogP contribution in [-0.2, 0) is 14.6 Å². The largest absolute Gasteiger partial charge is 0.348 e. The lowest BCUT2D eigenvalue weighted by Gasteiger charge is -2.25. The van der Waals surface area contributed by atoms with Crippen molar-refractivity contribution in [3.8, 4) is 0 Å². The fourth-order valence-electron chi connectivity index (χ4n) is 2.94. The number of carbonyl (C=O) groups is 1. The zero-order chi connectivity index (χ0) is 15.3. The van der Waals surface area contributed by atoms with E-state index in [1.54, 1.807) is 6.92 Å². The van der Waals surface area contributed by atoms with Gasteiger partial charge in [-0.15, -0.1) is 0 Å². The highest BCUT2D eigenvalue weighted by Crippen LogP contribution is 2.35. The average Bonchev–Trinajstić information content (AvgIpc) is 2.99. The molecule has 116 valence electrons. The van der Waals surface area contributed by atoms with E-state index in [1.807, 2.05) is 30.3 Å². The summed E-state index contributed by atoms with van der Waals surface area (Å²) >= 11 is 0. The Morgan fingerprint density at radius 2 is 1.86 bits per heavy atom. The quantitative estimate of drug-likeness (QED) is 0.878. The number of nitrogens with one attached hydrogen (secondary N) is 1. The van der Waals surface area contributed by atoms with E-state index in [1.165, 1.54) is 12.8 Å². The van der Waals surface area contributed by atoms with Gasteiger partial charge in [0.25, 0.3) is 0 Å². The maximum absolute atomic E-state index is 12.1. The van der Waals surface area contributed by atoms with E-state index in [-0.39, 0.29) is 11.8 Å². The lowest BCUT2D eigenvalue weighted by Crippen LogP contribution is -2.36. The van der Waals surface area contributed by atoms with Gasteiger partial charge in [-0.1, -0.05) is 50.1 Å². The lowest BCUT2D eigenvalue weighted by atomic mass is 9.91. The molecule has 0 aromatic heterocycles. The molecule has 4 nitrogen and oxygen atoms in total. The summed E-state index contributed by atoms with van der Waals surface area (Å²) < 4.78 is 23.2. The molecule has 1 amide bonds. The second-order valence-electron chi connectivity index (χ2n) is 5.68. The number of benzene rings is 1. The molecule has 0 aliphatic heterocycles. The van der Waals surface area contributed by atoms with Crippen molar-refractivity contribution in [2.45, 2.75) is 38.6 Å². The maximum atomic E-state index is 12.1. The summed E-state index contributed by atoms with van der Waals surface area (Å²) in [5.41, 5.74) is 1.06. The molecule has 1 aromatic carbocycles. The maximum Gasteiger partial charge on any atom is 0.235 e. The molecular formula is C16H23NO3S. The van der Waals surface area contributed by atoms with Crippen molar-refractivity contribution in [2.24, 2.45) is 5.92 Å². The van der Waals surface area contributed by atoms with E-state index in [4.69, 9.17) is 0 Å². The molecule has 1 aromatic rings. The highest BCUT2D eigenvalue weighted by molar-refractivity contribution is 7.92. The van der Waals surface area contributed by atoms with E-state index < -0.39 is 21.5 Å². The van der Waals surface area contributed by atoms with Crippen LogP contribution in [0.2, 0.25) is 0 Å². The highest BCUT2D eigenvalue weighted by Gasteiger charge is 2.28. The highest BCUT2D eigenvalue weighted by atomic mass is 32.2. The minimum atomic E-state index is -3.28. The van der Waals surface area contributed by atoms with E-state index in [9.17, 15) is 13.2 Å². The van der Waals surface area contributed by atoms with Gasteiger partial charge in [-0.25, -0.2) is 8.42 Å². The minimum Gasteiger partial charge on any atom is -0.348 e. The molecule has 5 heteroatoms. The summed E-state index contributed by atoms with van der Waals surface area (Å²) in [7, 11) is -3.28. The van der Waals surface area contributed by atoms with Gasteiger partial charge in [0.15, 0.2) is 9.84 Å². The molecule has 0 heterocycles. The Hall–Kier alpha value is -1.36. The number of hydrogen-bond acceptors (Lipinski definition) is 3. The molecule has 1 atom stereocenters. The van der Waals surface area contributed by atoms with Crippen molar-refractivity contribution in [3.05, 3.63) is 35.9 Å². The lowest BCUT2D eigenvalue weighted by molar-refractivity contribution is -0.119. The van der Waals surface area contributed by atoms with Crippen molar-refractivity contribution in [1.82, 2.24) is 5.32 Å². The summed E-state index contributed by atoms with van der Waals surface area (Å²) in [5, 5.41) is 2.95. The van der Waals surface area contributed by atoms with Gasteiger partial charge in [0.1, 0.15) is 5.75 Å². The predicted molar refractivity (Wildman–Crippen MR) is 83.6 cm³/mol. The first kappa shape index (κ1) is 16.0. The van der Waals surface area contributed by atoms with Gasteiger partial charge in [0.2, 0.25) is 5.91 Å². The molecule has 0 saturated heterocycles. The van der Waals surface area contributed by atoms with Crippen LogP contribution in [0.15, 0.2) is 30.3 Å². The number of sulfone groups is 1. The molecule has 21 heavy (non-hydrogen) atoms. The summed E-state index contributed by atoms with van der Waals surface area (Å²) in [6.07, 6.45) is 4.52. The van der Waals surface area contributed by atoms with Gasteiger partial charge < -0.3 is 5.32 Å². The Kier molecular flexibility index (Phi) is 5.39. The van der Waals surface area contributed by atoms with E-state index in [0.29, 0.717) is 5.92 Å². The van der Waals surface area contributed by atoms with Gasteiger partial charge >= 0.3 is 0 Å². The number of hydrogen-bond donors (Lipinski definition) is 1. The monoisotopic (exact) mass is 309 g/mol. The Morgan fingerprint density at radius 1 is 1.24 bits per heavy atom. The Labute approximate surface area is 126 Å². The van der Waals surface area contributed by atoms with Gasteiger partial charge in [0.05, 0.1) is 6.04 Å². The molecule has 2 rings (SSSR count). The SMILES string of the molecule is CCS(=O)(=O)CC(=O)N[C@H](c1ccccc1)C1CCCC1. The summed E-state index contributed by atoms with van der Waals surface area (Å²) in [6.45, 7) is 1.56. The smallest absolute Gasteiger partial charge is 0.235 e. The number of amides is 1. The molecule has 0 unspecified atom stereocenters. The van der Waals surface area contributed by atoms with Crippen LogP contribution in [0.1, 0.15) is 44.2 Å². The van der Waals surface area contributed by atoms with Gasteiger partial charge in [-0.2, -0.15) is 0 Å². The van der Waals surface area contributed by atoms with E-state index in [0.717, 1.165) is 18.4 Å². The van der Waals surface area contributed by atoms with Crippen LogP contribution in [0.5, 0.6) is 0 Å². The molecule has 0 radical (unpaired) electrons. The predicted octanol–water partition coefficient (Wildman–Crippen LogP) is 2.47.